The number of amides is 1. The van der Waals surface area contributed by atoms with Crippen molar-refractivity contribution in [2.75, 3.05) is 13.1 Å². The lowest BCUT2D eigenvalue weighted by molar-refractivity contribution is -0.125. The normalized spacial score (nSPS) is 19.9. The highest BCUT2D eigenvalue weighted by molar-refractivity contribution is 5.78. The summed E-state index contributed by atoms with van der Waals surface area (Å²) in [6, 6.07) is 1.03. The highest BCUT2D eigenvalue weighted by Crippen LogP contribution is 2.13. The smallest absolute Gasteiger partial charge is 0.222 e. The summed E-state index contributed by atoms with van der Waals surface area (Å²) >= 11 is 0. The summed E-state index contributed by atoms with van der Waals surface area (Å²) in [4.78, 5) is 14.0. The topological polar surface area (TPSA) is 32.3 Å². The molecule has 0 aromatic rings. The molecule has 0 aromatic carbocycles. The highest BCUT2D eigenvalue weighted by Gasteiger charge is 2.22. The Morgan fingerprint density at radius 2 is 1.73 bits per heavy atom. The van der Waals surface area contributed by atoms with Gasteiger partial charge in [-0.25, -0.2) is 0 Å². The fourth-order valence-electron chi connectivity index (χ4n) is 1.93. The van der Waals surface area contributed by atoms with Crippen LogP contribution in [0.15, 0.2) is 0 Å². The fraction of sp³-hybridized carbons (Fsp3) is 0.917. The number of carbonyl (C=O) groups is 1. The lowest BCUT2D eigenvalue weighted by atomic mass is 10.0. The number of carbonyl (C=O) groups excluding carboxylic acids is 1. The Labute approximate surface area is 93.2 Å². The molecule has 0 radical (unpaired) electrons. The van der Waals surface area contributed by atoms with Gasteiger partial charge in [0.05, 0.1) is 0 Å². The van der Waals surface area contributed by atoms with Crippen molar-refractivity contribution in [3.63, 3.8) is 0 Å². The van der Waals surface area contributed by atoms with E-state index in [1.807, 2.05) is 13.8 Å². The molecule has 0 saturated carbocycles. The Bertz CT molecular complexity index is 206. The molecule has 15 heavy (non-hydrogen) atoms. The first-order valence-electron chi connectivity index (χ1n) is 6.05. The van der Waals surface area contributed by atoms with Crippen molar-refractivity contribution in [1.29, 1.82) is 0 Å². The molecule has 0 atom stereocenters. The van der Waals surface area contributed by atoms with E-state index in [0.717, 1.165) is 25.9 Å². The van der Waals surface area contributed by atoms with Gasteiger partial charge in [-0.2, -0.15) is 0 Å². The Hall–Kier alpha value is -0.570. The Morgan fingerprint density at radius 3 is 2.13 bits per heavy atom. The maximum absolute atomic E-state index is 11.5. The van der Waals surface area contributed by atoms with Crippen LogP contribution in [0.2, 0.25) is 0 Å². The number of nitrogens with one attached hydrogen (secondary N) is 1. The van der Waals surface area contributed by atoms with Gasteiger partial charge in [0.15, 0.2) is 0 Å². The van der Waals surface area contributed by atoms with Crippen molar-refractivity contribution < 1.29 is 4.79 Å². The summed E-state index contributed by atoms with van der Waals surface area (Å²) in [6.07, 6.45) is 2.19. The number of likely N-dealkylation sites (tertiary alicyclic amines) is 1. The van der Waals surface area contributed by atoms with Gasteiger partial charge < -0.3 is 10.2 Å². The number of hydrogen-bond acceptors (Lipinski definition) is 2. The largest absolute Gasteiger partial charge is 0.353 e. The molecule has 3 heteroatoms. The van der Waals surface area contributed by atoms with Gasteiger partial charge in [0.1, 0.15) is 0 Å². The van der Waals surface area contributed by atoms with E-state index in [2.05, 4.69) is 24.1 Å². The second-order valence-electron chi connectivity index (χ2n) is 5.07. The van der Waals surface area contributed by atoms with Crippen molar-refractivity contribution in [1.82, 2.24) is 10.2 Å². The van der Waals surface area contributed by atoms with E-state index in [0.29, 0.717) is 12.1 Å². The van der Waals surface area contributed by atoms with Crippen molar-refractivity contribution in [3.05, 3.63) is 0 Å². The van der Waals surface area contributed by atoms with E-state index in [9.17, 15) is 4.79 Å². The van der Waals surface area contributed by atoms with E-state index in [4.69, 9.17) is 0 Å². The minimum absolute atomic E-state index is 0.105. The van der Waals surface area contributed by atoms with Crippen LogP contribution in [-0.4, -0.2) is 36.0 Å². The number of piperidine rings is 1. The van der Waals surface area contributed by atoms with Crippen LogP contribution >= 0.6 is 0 Å². The molecule has 1 aliphatic heterocycles. The SMILES string of the molecule is CC(C)C(=O)NC1CCN(C(C)C)CC1. The molecule has 1 amide bonds. The lowest BCUT2D eigenvalue weighted by Gasteiger charge is -2.35. The molecule has 1 N–H and O–H groups in total. The van der Waals surface area contributed by atoms with Gasteiger partial charge in [-0.3, -0.25) is 4.79 Å². The number of rotatable bonds is 3. The Kier molecular flexibility index (Phi) is 4.58. The first-order chi connectivity index (χ1) is 7.00. The first-order valence-corrected chi connectivity index (χ1v) is 6.05. The third-order valence-corrected chi connectivity index (χ3v) is 3.13. The zero-order chi connectivity index (χ0) is 11.4. The highest BCUT2D eigenvalue weighted by atomic mass is 16.1. The molecule has 88 valence electrons. The van der Waals surface area contributed by atoms with Gasteiger partial charge in [-0.1, -0.05) is 13.8 Å². The summed E-state index contributed by atoms with van der Waals surface area (Å²) in [7, 11) is 0. The molecule has 0 aliphatic carbocycles. The third-order valence-electron chi connectivity index (χ3n) is 3.13. The summed E-state index contributed by atoms with van der Waals surface area (Å²) in [5.41, 5.74) is 0. The summed E-state index contributed by atoms with van der Waals surface area (Å²) in [5, 5.41) is 3.11. The Balaban J connectivity index is 2.29. The second kappa shape index (κ2) is 5.50. The molecule has 1 heterocycles. The quantitative estimate of drug-likeness (QED) is 0.771. The van der Waals surface area contributed by atoms with Gasteiger partial charge in [-0.05, 0) is 26.7 Å². The van der Waals surface area contributed by atoms with Crippen LogP contribution < -0.4 is 5.32 Å². The van der Waals surface area contributed by atoms with E-state index < -0.39 is 0 Å². The standard InChI is InChI=1S/C12H24N2O/c1-9(2)12(15)13-11-5-7-14(8-6-11)10(3)4/h9-11H,5-8H2,1-4H3,(H,13,15). The maximum Gasteiger partial charge on any atom is 0.222 e. The predicted octanol–water partition coefficient (Wildman–Crippen LogP) is 1.63. The molecule has 1 rings (SSSR count). The molecule has 1 fully saturated rings. The van der Waals surface area contributed by atoms with Crippen LogP contribution in [0.4, 0.5) is 0 Å². The van der Waals surface area contributed by atoms with Crippen LogP contribution in [0, 0.1) is 5.92 Å². The zero-order valence-corrected chi connectivity index (χ0v) is 10.4. The molecular weight excluding hydrogens is 188 g/mol. The predicted molar refractivity (Wildman–Crippen MR) is 62.7 cm³/mol. The van der Waals surface area contributed by atoms with Gasteiger partial charge in [0.2, 0.25) is 5.91 Å². The molecule has 1 aliphatic rings. The van der Waals surface area contributed by atoms with Crippen molar-refractivity contribution >= 4 is 5.91 Å². The minimum atomic E-state index is 0.105. The molecule has 1 saturated heterocycles. The molecule has 3 nitrogen and oxygen atoms in total. The number of nitrogens with zero attached hydrogens (tertiary/aromatic N) is 1. The van der Waals surface area contributed by atoms with Crippen LogP contribution in [0.25, 0.3) is 0 Å². The van der Waals surface area contributed by atoms with E-state index in [1.165, 1.54) is 0 Å². The second-order valence-corrected chi connectivity index (χ2v) is 5.07. The van der Waals surface area contributed by atoms with Gasteiger partial charge in [0.25, 0.3) is 0 Å². The maximum atomic E-state index is 11.5. The van der Waals surface area contributed by atoms with Gasteiger partial charge >= 0.3 is 0 Å². The average molecular weight is 212 g/mol. The number of hydrogen-bond donors (Lipinski definition) is 1. The summed E-state index contributed by atoms with van der Waals surface area (Å²) in [5.74, 6) is 0.297. The fourth-order valence-corrected chi connectivity index (χ4v) is 1.93. The molecule has 0 spiro atoms. The third kappa shape index (κ3) is 3.82. The summed E-state index contributed by atoms with van der Waals surface area (Å²) in [6.45, 7) is 10.6. The average Bonchev–Trinajstić information content (AvgIpc) is 2.18. The molecule has 0 bridgehead atoms. The monoisotopic (exact) mass is 212 g/mol. The van der Waals surface area contributed by atoms with Crippen LogP contribution in [0.5, 0.6) is 0 Å². The molecule has 0 unspecified atom stereocenters. The Morgan fingerprint density at radius 1 is 1.20 bits per heavy atom. The molecular formula is C12H24N2O. The van der Waals surface area contributed by atoms with Gasteiger partial charge in [-0.15, -0.1) is 0 Å². The summed E-state index contributed by atoms with van der Waals surface area (Å²) < 4.78 is 0. The lowest BCUT2D eigenvalue weighted by Crippen LogP contribution is -2.47. The van der Waals surface area contributed by atoms with E-state index in [1.54, 1.807) is 0 Å². The molecule has 0 aromatic heterocycles. The van der Waals surface area contributed by atoms with Crippen molar-refractivity contribution in [2.45, 2.75) is 52.6 Å². The first kappa shape index (κ1) is 12.5. The zero-order valence-electron chi connectivity index (χ0n) is 10.4. The van der Waals surface area contributed by atoms with E-state index >= 15 is 0 Å². The van der Waals surface area contributed by atoms with Crippen LogP contribution in [0.3, 0.4) is 0 Å². The minimum Gasteiger partial charge on any atom is -0.353 e. The van der Waals surface area contributed by atoms with Gasteiger partial charge in [0, 0.05) is 31.1 Å². The van der Waals surface area contributed by atoms with Crippen LogP contribution in [-0.2, 0) is 4.79 Å². The van der Waals surface area contributed by atoms with Crippen LogP contribution in [0.1, 0.15) is 40.5 Å². The van der Waals surface area contributed by atoms with E-state index in [-0.39, 0.29) is 11.8 Å². The van der Waals surface area contributed by atoms with Crippen molar-refractivity contribution in [2.24, 2.45) is 5.92 Å². The van der Waals surface area contributed by atoms with Crippen molar-refractivity contribution in [3.8, 4) is 0 Å².